The van der Waals surface area contributed by atoms with Crippen molar-refractivity contribution < 1.29 is 19.7 Å². The van der Waals surface area contributed by atoms with Crippen LogP contribution in [0.2, 0.25) is 0 Å². The Hall–Kier alpha value is -1.19. The van der Waals surface area contributed by atoms with Crippen molar-refractivity contribution in [3.05, 3.63) is 11.5 Å². The number of ether oxygens (including phenoxy) is 1. The fourth-order valence-electron chi connectivity index (χ4n) is 2.56. The molecule has 0 bridgehead atoms. The topological polar surface area (TPSA) is 66.8 Å². The third-order valence-corrected chi connectivity index (χ3v) is 4.12. The van der Waals surface area contributed by atoms with Gasteiger partial charge in [-0.25, -0.2) is 0 Å². The maximum absolute atomic E-state index is 10.9. The average Bonchev–Trinajstić information content (AvgIpc) is 2.56. The number of carbonyl (C=O) groups excluding carboxylic acids is 1. The number of unbranched alkanes of at least 4 members (excludes halogenated alkanes) is 9. The van der Waals surface area contributed by atoms with Crippen molar-refractivity contribution in [2.24, 2.45) is 0 Å². The van der Waals surface area contributed by atoms with Gasteiger partial charge in [-0.2, -0.15) is 0 Å². The molecule has 0 aromatic rings. The van der Waals surface area contributed by atoms with Crippen LogP contribution in [0.3, 0.4) is 0 Å². The molecule has 0 aromatic heterocycles. The number of aliphatic hydroxyl groups excluding tert-OH is 2. The van der Waals surface area contributed by atoms with Gasteiger partial charge in [0.25, 0.3) is 0 Å². The Labute approximate surface area is 141 Å². The van der Waals surface area contributed by atoms with Gasteiger partial charge in [-0.3, -0.25) is 4.79 Å². The van der Waals surface area contributed by atoms with Gasteiger partial charge < -0.3 is 14.9 Å². The van der Waals surface area contributed by atoms with Crippen molar-refractivity contribution in [1.29, 1.82) is 0 Å². The van der Waals surface area contributed by atoms with Gasteiger partial charge in [0.05, 0.1) is 7.11 Å². The van der Waals surface area contributed by atoms with Crippen LogP contribution >= 0.6 is 0 Å². The summed E-state index contributed by atoms with van der Waals surface area (Å²) in [5, 5.41) is 19.7. The van der Waals surface area contributed by atoms with Crippen LogP contribution in [0, 0.1) is 0 Å². The maximum atomic E-state index is 10.9. The summed E-state index contributed by atoms with van der Waals surface area (Å²) >= 11 is 0. The molecule has 0 spiro atoms. The molecule has 0 aliphatic rings. The van der Waals surface area contributed by atoms with Crippen molar-refractivity contribution in [1.82, 2.24) is 0 Å². The average molecular weight is 328 g/mol. The van der Waals surface area contributed by atoms with Gasteiger partial charge in [-0.15, -0.1) is 0 Å². The van der Waals surface area contributed by atoms with Gasteiger partial charge in [-0.05, 0) is 19.3 Å². The normalized spacial score (nSPS) is 12.1. The number of esters is 1. The fraction of sp³-hybridized carbons (Fsp3) is 0.842. The van der Waals surface area contributed by atoms with E-state index in [1.165, 1.54) is 32.8 Å². The zero-order chi connectivity index (χ0) is 17.3. The van der Waals surface area contributed by atoms with E-state index in [4.69, 9.17) is 0 Å². The van der Waals surface area contributed by atoms with Crippen LogP contribution in [-0.2, 0) is 9.53 Å². The molecule has 23 heavy (non-hydrogen) atoms. The summed E-state index contributed by atoms with van der Waals surface area (Å²) in [5.74, 6) is 0.185. The maximum Gasteiger partial charge on any atom is 0.305 e. The van der Waals surface area contributed by atoms with Crippen molar-refractivity contribution in [3.63, 3.8) is 0 Å². The van der Waals surface area contributed by atoms with Crippen LogP contribution in [0.25, 0.3) is 0 Å². The molecule has 2 N–H and O–H groups in total. The van der Waals surface area contributed by atoms with E-state index in [1.807, 2.05) is 0 Å². The van der Waals surface area contributed by atoms with Crippen LogP contribution in [0.5, 0.6) is 0 Å². The molecule has 0 saturated carbocycles. The minimum absolute atomic E-state index is 0.148. The molecule has 4 nitrogen and oxygen atoms in total. The van der Waals surface area contributed by atoms with E-state index in [0.29, 0.717) is 19.3 Å². The van der Waals surface area contributed by atoms with Gasteiger partial charge in [-0.1, -0.05) is 58.3 Å². The smallest absolute Gasteiger partial charge is 0.305 e. The van der Waals surface area contributed by atoms with Gasteiger partial charge in [0.15, 0.2) is 0 Å². The first-order valence-corrected chi connectivity index (χ1v) is 9.28. The molecule has 0 fully saturated rings. The van der Waals surface area contributed by atoms with E-state index < -0.39 is 0 Å². The van der Waals surface area contributed by atoms with E-state index in [9.17, 15) is 15.0 Å². The van der Waals surface area contributed by atoms with Gasteiger partial charge in [0, 0.05) is 19.3 Å². The molecular formula is C19H36O4. The quantitative estimate of drug-likeness (QED) is 0.221. The van der Waals surface area contributed by atoms with Gasteiger partial charge in [0.2, 0.25) is 0 Å². The molecule has 0 aromatic carbocycles. The zero-order valence-corrected chi connectivity index (χ0v) is 15.1. The summed E-state index contributed by atoms with van der Waals surface area (Å²) in [4.78, 5) is 10.9. The predicted molar refractivity (Wildman–Crippen MR) is 94.6 cm³/mol. The Bertz CT molecular complexity index is 323. The first-order chi connectivity index (χ1) is 11.1. The van der Waals surface area contributed by atoms with Crippen LogP contribution in [0.1, 0.15) is 96.8 Å². The number of methoxy groups -OCH3 is 1. The molecule has 0 heterocycles. The van der Waals surface area contributed by atoms with Gasteiger partial charge >= 0.3 is 5.97 Å². The lowest BCUT2D eigenvalue weighted by Crippen LogP contribution is -1.99. The Balaban J connectivity index is 3.54. The largest absolute Gasteiger partial charge is 0.509 e. The Morgan fingerprint density at radius 3 is 1.52 bits per heavy atom. The molecule has 0 saturated heterocycles. The lowest BCUT2D eigenvalue weighted by Gasteiger charge is -2.06. The lowest BCUT2D eigenvalue weighted by molar-refractivity contribution is -0.140. The Morgan fingerprint density at radius 1 is 0.696 bits per heavy atom. The SMILES string of the molecule is CCCCCCCCC(O)=C(O)CCCCCCCC(=O)OC. The molecule has 4 heteroatoms. The number of hydrogen-bond acceptors (Lipinski definition) is 4. The molecule has 0 unspecified atom stereocenters. The molecule has 136 valence electrons. The van der Waals surface area contributed by atoms with E-state index in [2.05, 4.69) is 11.7 Å². The number of allylic oxidation sites excluding steroid dienone is 2. The second-order valence-corrected chi connectivity index (χ2v) is 6.26. The molecule has 0 aliphatic carbocycles. The third-order valence-electron chi connectivity index (χ3n) is 4.12. The number of carbonyl (C=O) groups is 1. The predicted octanol–water partition coefficient (Wildman–Crippen LogP) is 5.97. The highest BCUT2D eigenvalue weighted by Gasteiger charge is 2.04. The van der Waals surface area contributed by atoms with E-state index in [1.54, 1.807) is 0 Å². The molecule has 0 aliphatic heterocycles. The van der Waals surface area contributed by atoms with E-state index in [0.717, 1.165) is 44.9 Å². The number of aliphatic hydroxyl groups is 2. The fourth-order valence-corrected chi connectivity index (χ4v) is 2.56. The Morgan fingerprint density at radius 2 is 1.09 bits per heavy atom. The second-order valence-electron chi connectivity index (χ2n) is 6.26. The van der Waals surface area contributed by atoms with Crippen molar-refractivity contribution in [3.8, 4) is 0 Å². The summed E-state index contributed by atoms with van der Waals surface area (Å²) in [5.41, 5.74) is 0. The molecule has 0 radical (unpaired) electrons. The van der Waals surface area contributed by atoms with Crippen molar-refractivity contribution >= 4 is 5.97 Å². The Kier molecular flexibility index (Phi) is 14.9. The standard InChI is InChI=1S/C19H36O4/c1-3-4-5-6-8-11-14-17(20)18(21)15-12-9-7-10-13-16-19(22)23-2/h20-21H,3-16H2,1-2H3. The third kappa shape index (κ3) is 14.2. The molecule has 0 amide bonds. The molecular weight excluding hydrogens is 292 g/mol. The summed E-state index contributed by atoms with van der Waals surface area (Å²) in [6.45, 7) is 2.20. The van der Waals surface area contributed by atoms with Crippen LogP contribution in [0.4, 0.5) is 0 Å². The van der Waals surface area contributed by atoms with E-state index in [-0.39, 0.29) is 17.5 Å². The summed E-state index contributed by atoms with van der Waals surface area (Å²) in [6.07, 6.45) is 13.5. The first kappa shape index (κ1) is 21.8. The van der Waals surface area contributed by atoms with Crippen molar-refractivity contribution in [2.45, 2.75) is 96.8 Å². The van der Waals surface area contributed by atoms with Crippen LogP contribution in [-0.4, -0.2) is 23.3 Å². The molecule has 0 atom stereocenters. The van der Waals surface area contributed by atoms with E-state index >= 15 is 0 Å². The highest BCUT2D eigenvalue weighted by Crippen LogP contribution is 2.16. The highest BCUT2D eigenvalue weighted by atomic mass is 16.5. The molecule has 0 rings (SSSR count). The zero-order valence-electron chi connectivity index (χ0n) is 15.1. The number of rotatable bonds is 15. The minimum atomic E-state index is -0.148. The lowest BCUT2D eigenvalue weighted by atomic mass is 10.1. The second kappa shape index (κ2) is 15.7. The number of hydrogen-bond donors (Lipinski definition) is 2. The van der Waals surface area contributed by atoms with Crippen molar-refractivity contribution in [2.75, 3.05) is 7.11 Å². The first-order valence-electron chi connectivity index (χ1n) is 9.28. The minimum Gasteiger partial charge on any atom is -0.509 e. The van der Waals surface area contributed by atoms with Gasteiger partial charge in [0.1, 0.15) is 11.5 Å². The summed E-state index contributed by atoms with van der Waals surface area (Å²) in [6, 6.07) is 0. The van der Waals surface area contributed by atoms with Crippen LogP contribution < -0.4 is 0 Å². The highest BCUT2D eigenvalue weighted by molar-refractivity contribution is 5.68. The summed E-state index contributed by atoms with van der Waals surface area (Å²) in [7, 11) is 1.41. The monoisotopic (exact) mass is 328 g/mol. The van der Waals surface area contributed by atoms with Crippen LogP contribution in [0.15, 0.2) is 11.5 Å². The summed E-state index contributed by atoms with van der Waals surface area (Å²) < 4.78 is 4.59.